The Kier molecular flexibility index (Phi) is 4.81. The van der Waals surface area contributed by atoms with Gasteiger partial charge >= 0.3 is 0 Å². The highest BCUT2D eigenvalue weighted by atomic mass is 16.3. The summed E-state index contributed by atoms with van der Waals surface area (Å²) in [5.74, 6) is 0.279. The lowest BCUT2D eigenvalue weighted by atomic mass is 9.64. The van der Waals surface area contributed by atoms with Crippen molar-refractivity contribution in [3.63, 3.8) is 0 Å². The zero-order valence-corrected chi connectivity index (χ0v) is 12.4. The van der Waals surface area contributed by atoms with Gasteiger partial charge in [0.05, 0.1) is 11.5 Å². The van der Waals surface area contributed by atoms with E-state index in [0.29, 0.717) is 6.54 Å². The maximum Gasteiger partial charge on any atom is 0.230 e. The average molecular weight is 275 g/mol. The van der Waals surface area contributed by atoms with Gasteiger partial charge in [-0.2, -0.15) is 0 Å². The summed E-state index contributed by atoms with van der Waals surface area (Å²) in [6.07, 6.45) is 3.36. The number of aliphatic hydroxyl groups excluding tert-OH is 1. The van der Waals surface area contributed by atoms with Crippen molar-refractivity contribution < 1.29 is 9.90 Å². The fourth-order valence-electron chi connectivity index (χ4n) is 2.77. The van der Waals surface area contributed by atoms with E-state index < -0.39 is 6.10 Å². The van der Waals surface area contributed by atoms with Gasteiger partial charge in [-0.3, -0.25) is 4.79 Å². The lowest BCUT2D eigenvalue weighted by Gasteiger charge is -2.41. The van der Waals surface area contributed by atoms with Gasteiger partial charge in [0.1, 0.15) is 0 Å². The monoisotopic (exact) mass is 275 g/mol. The van der Waals surface area contributed by atoms with E-state index in [1.54, 1.807) is 0 Å². The molecule has 1 fully saturated rings. The van der Waals surface area contributed by atoms with Crippen LogP contribution in [0.4, 0.5) is 0 Å². The highest BCUT2D eigenvalue weighted by Gasteiger charge is 2.45. The lowest BCUT2D eigenvalue weighted by molar-refractivity contribution is -0.130. The first-order valence-corrected chi connectivity index (χ1v) is 7.62. The molecule has 1 aliphatic carbocycles. The van der Waals surface area contributed by atoms with Crippen LogP contribution in [0, 0.1) is 5.92 Å². The minimum atomic E-state index is -0.461. The molecule has 0 radical (unpaired) electrons. The van der Waals surface area contributed by atoms with Gasteiger partial charge in [0.15, 0.2) is 0 Å². The largest absolute Gasteiger partial charge is 0.391 e. The summed E-state index contributed by atoms with van der Waals surface area (Å²) < 4.78 is 0. The molecule has 2 atom stereocenters. The van der Waals surface area contributed by atoms with Crippen LogP contribution in [0.2, 0.25) is 0 Å². The summed E-state index contributed by atoms with van der Waals surface area (Å²) in [5, 5.41) is 12.9. The summed E-state index contributed by atoms with van der Waals surface area (Å²) in [6, 6.07) is 10.0. The van der Waals surface area contributed by atoms with Crippen LogP contribution in [-0.4, -0.2) is 23.7 Å². The third kappa shape index (κ3) is 2.88. The van der Waals surface area contributed by atoms with Gasteiger partial charge in [0, 0.05) is 6.54 Å². The first-order chi connectivity index (χ1) is 9.60. The second-order valence-corrected chi connectivity index (χ2v) is 5.96. The molecule has 1 amide bonds. The second-order valence-electron chi connectivity index (χ2n) is 5.96. The van der Waals surface area contributed by atoms with E-state index in [0.717, 1.165) is 31.2 Å². The van der Waals surface area contributed by atoms with Crippen LogP contribution >= 0.6 is 0 Å². The molecule has 1 aromatic carbocycles. The van der Waals surface area contributed by atoms with Gasteiger partial charge in [0.2, 0.25) is 5.91 Å². The molecule has 1 aliphatic rings. The molecule has 3 nitrogen and oxygen atoms in total. The minimum absolute atomic E-state index is 0.0669. The van der Waals surface area contributed by atoms with Gasteiger partial charge in [0.25, 0.3) is 0 Å². The van der Waals surface area contributed by atoms with Crippen LogP contribution in [0.25, 0.3) is 0 Å². The van der Waals surface area contributed by atoms with Crippen molar-refractivity contribution in [3.8, 4) is 0 Å². The van der Waals surface area contributed by atoms with Crippen LogP contribution < -0.4 is 5.32 Å². The number of nitrogens with one attached hydrogen (secondary N) is 1. The van der Waals surface area contributed by atoms with E-state index in [-0.39, 0.29) is 17.2 Å². The van der Waals surface area contributed by atoms with Crippen LogP contribution in [0.3, 0.4) is 0 Å². The normalized spacial score (nSPS) is 19.8. The standard InChI is InChI=1S/C17H25NO2/c1-3-13(2)15(19)12-18-16(20)17(10-7-11-17)14-8-5-4-6-9-14/h4-6,8-9,13,15,19H,3,7,10-12H2,1-2H3,(H,18,20). The molecular weight excluding hydrogens is 250 g/mol. The molecular formula is C17H25NO2. The third-order valence-electron chi connectivity index (χ3n) is 4.74. The number of carbonyl (C=O) groups is 1. The number of amides is 1. The van der Waals surface area contributed by atoms with Crippen LogP contribution in [0.15, 0.2) is 30.3 Å². The molecule has 3 heteroatoms. The van der Waals surface area contributed by atoms with E-state index in [9.17, 15) is 9.90 Å². The number of rotatable bonds is 6. The van der Waals surface area contributed by atoms with E-state index >= 15 is 0 Å². The zero-order valence-electron chi connectivity index (χ0n) is 12.4. The van der Waals surface area contributed by atoms with Gasteiger partial charge < -0.3 is 10.4 Å². The zero-order chi connectivity index (χ0) is 14.6. The van der Waals surface area contributed by atoms with E-state index in [1.807, 2.05) is 44.2 Å². The second kappa shape index (κ2) is 6.40. The summed E-state index contributed by atoms with van der Waals surface area (Å²) in [6.45, 7) is 4.41. The van der Waals surface area contributed by atoms with Crippen molar-refractivity contribution in [2.24, 2.45) is 5.92 Å². The Morgan fingerprint density at radius 1 is 1.35 bits per heavy atom. The summed E-state index contributed by atoms with van der Waals surface area (Å²) in [5.41, 5.74) is 0.734. The Morgan fingerprint density at radius 3 is 2.50 bits per heavy atom. The Balaban J connectivity index is 2.00. The fraction of sp³-hybridized carbons (Fsp3) is 0.588. The maximum absolute atomic E-state index is 12.5. The summed E-state index contributed by atoms with van der Waals surface area (Å²) in [7, 11) is 0. The van der Waals surface area contributed by atoms with Crippen LogP contribution in [-0.2, 0) is 10.2 Å². The summed E-state index contributed by atoms with van der Waals surface area (Å²) >= 11 is 0. The van der Waals surface area contributed by atoms with E-state index in [2.05, 4.69) is 5.32 Å². The maximum atomic E-state index is 12.5. The Bertz CT molecular complexity index is 440. The van der Waals surface area contributed by atoms with Gasteiger partial charge in [-0.25, -0.2) is 0 Å². The highest BCUT2D eigenvalue weighted by molar-refractivity contribution is 5.89. The van der Waals surface area contributed by atoms with Crippen molar-refractivity contribution in [1.29, 1.82) is 0 Å². The molecule has 1 aromatic rings. The van der Waals surface area contributed by atoms with E-state index in [1.165, 1.54) is 0 Å². The molecule has 2 N–H and O–H groups in total. The number of hydrogen-bond donors (Lipinski definition) is 2. The minimum Gasteiger partial charge on any atom is -0.391 e. The van der Waals surface area contributed by atoms with Crippen molar-refractivity contribution >= 4 is 5.91 Å². The molecule has 2 rings (SSSR count). The number of hydrogen-bond acceptors (Lipinski definition) is 2. The highest BCUT2D eigenvalue weighted by Crippen LogP contribution is 2.43. The predicted octanol–water partition coefficient (Wildman–Crippen LogP) is 2.63. The van der Waals surface area contributed by atoms with Crippen LogP contribution in [0.5, 0.6) is 0 Å². The third-order valence-corrected chi connectivity index (χ3v) is 4.74. The van der Waals surface area contributed by atoms with Crippen molar-refractivity contribution in [3.05, 3.63) is 35.9 Å². The lowest BCUT2D eigenvalue weighted by Crippen LogP contribution is -2.51. The van der Waals surface area contributed by atoms with Crippen LogP contribution in [0.1, 0.15) is 45.1 Å². The summed E-state index contributed by atoms with van der Waals surface area (Å²) in [4.78, 5) is 12.5. The van der Waals surface area contributed by atoms with E-state index in [4.69, 9.17) is 0 Å². The number of carbonyl (C=O) groups excluding carboxylic acids is 1. The molecule has 1 saturated carbocycles. The van der Waals surface area contributed by atoms with Gasteiger partial charge in [-0.05, 0) is 24.3 Å². The molecule has 110 valence electrons. The molecule has 20 heavy (non-hydrogen) atoms. The molecule has 0 aromatic heterocycles. The smallest absolute Gasteiger partial charge is 0.230 e. The molecule has 0 heterocycles. The van der Waals surface area contributed by atoms with Crippen molar-refractivity contribution in [2.45, 2.75) is 51.0 Å². The molecule has 0 aliphatic heterocycles. The van der Waals surface area contributed by atoms with Gasteiger partial charge in [-0.15, -0.1) is 0 Å². The van der Waals surface area contributed by atoms with Crippen molar-refractivity contribution in [2.75, 3.05) is 6.54 Å². The topological polar surface area (TPSA) is 49.3 Å². The first-order valence-electron chi connectivity index (χ1n) is 7.62. The fourth-order valence-corrected chi connectivity index (χ4v) is 2.77. The van der Waals surface area contributed by atoms with Crippen molar-refractivity contribution in [1.82, 2.24) is 5.32 Å². The molecule has 0 saturated heterocycles. The quantitative estimate of drug-likeness (QED) is 0.838. The number of aliphatic hydroxyl groups is 1. The molecule has 0 bridgehead atoms. The first kappa shape index (κ1) is 15.0. The van der Waals surface area contributed by atoms with Gasteiger partial charge in [-0.1, -0.05) is 57.0 Å². The SMILES string of the molecule is CCC(C)C(O)CNC(=O)C1(c2ccccc2)CCC1. The Hall–Kier alpha value is -1.35. The molecule has 2 unspecified atom stereocenters. The predicted molar refractivity (Wildman–Crippen MR) is 80.4 cm³/mol. The average Bonchev–Trinajstić information content (AvgIpc) is 2.43. The Morgan fingerprint density at radius 2 is 2.00 bits per heavy atom. The molecule has 0 spiro atoms. The number of benzene rings is 1. The Labute approximate surface area is 121 Å².